The van der Waals surface area contributed by atoms with Crippen LogP contribution in [0.5, 0.6) is 0 Å². The highest BCUT2D eigenvalue weighted by atomic mass is 32.1. The van der Waals surface area contributed by atoms with Crippen LogP contribution in [0.2, 0.25) is 0 Å². The minimum atomic E-state index is -0.784. The van der Waals surface area contributed by atoms with Crippen molar-refractivity contribution in [3.8, 4) is 0 Å². The molecule has 1 aromatic rings. The molecule has 1 aromatic heterocycles. The molecule has 0 aliphatic carbocycles. The summed E-state index contributed by atoms with van der Waals surface area (Å²) in [6.07, 6.45) is 0.283. The van der Waals surface area contributed by atoms with Crippen molar-refractivity contribution >= 4 is 23.3 Å². The van der Waals surface area contributed by atoms with E-state index in [0.29, 0.717) is 4.88 Å². The molecule has 0 aromatic carbocycles. The molecule has 130 valence electrons. The lowest BCUT2D eigenvalue weighted by atomic mass is 10.0. The Labute approximate surface area is 140 Å². The molecule has 23 heavy (non-hydrogen) atoms. The van der Waals surface area contributed by atoms with Gasteiger partial charge >= 0.3 is 6.09 Å². The Morgan fingerprint density at radius 2 is 2.00 bits per heavy atom. The fourth-order valence-corrected chi connectivity index (χ4v) is 2.39. The van der Waals surface area contributed by atoms with Gasteiger partial charge < -0.3 is 20.5 Å². The molecular formula is C15H25N3O4S. The van der Waals surface area contributed by atoms with Crippen LogP contribution in [0, 0.1) is 0 Å². The fourth-order valence-electron chi connectivity index (χ4n) is 1.79. The normalized spacial score (nSPS) is 13.3. The number of thiazole rings is 1. The summed E-state index contributed by atoms with van der Waals surface area (Å²) < 4.78 is 5.17. The second kappa shape index (κ2) is 7.74. The van der Waals surface area contributed by atoms with Crippen molar-refractivity contribution in [3.63, 3.8) is 0 Å². The van der Waals surface area contributed by atoms with Gasteiger partial charge in [-0.3, -0.25) is 9.78 Å². The quantitative estimate of drug-likeness (QED) is 0.733. The topological polar surface area (TPSA) is 101 Å². The molecule has 1 unspecified atom stereocenters. The maximum Gasteiger partial charge on any atom is 0.408 e. The molecule has 7 nitrogen and oxygen atoms in total. The molecule has 0 radical (unpaired) electrons. The Bertz CT molecular complexity index is 523. The summed E-state index contributed by atoms with van der Waals surface area (Å²) in [5.74, 6) is -0.269. The van der Waals surface area contributed by atoms with Crippen LogP contribution < -0.4 is 10.6 Å². The molecule has 0 aliphatic heterocycles. The summed E-state index contributed by atoms with van der Waals surface area (Å²) in [6, 6.07) is 0. The Kier molecular flexibility index (Phi) is 6.52. The number of carbonyl (C=O) groups excluding carboxylic acids is 2. The summed E-state index contributed by atoms with van der Waals surface area (Å²) in [5.41, 5.74) is 0.261. The van der Waals surface area contributed by atoms with Crippen molar-refractivity contribution in [2.75, 3.05) is 6.54 Å². The van der Waals surface area contributed by atoms with Crippen LogP contribution in [-0.2, 0) is 9.53 Å². The van der Waals surface area contributed by atoms with Crippen LogP contribution in [0.1, 0.15) is 52.0 Å². The molecule has 1 atom stereocenters. The summed E-state index contributed by atoms with van der Waals surface area (Å²) in [7, 11) is 0. The number of rotatable bonds is 6. The molecule has 8 heteroatoms. The number of aliphatic hydroxyl groups excluding tert-OH is 1. The average molecular weight is 343 g/mol. The van der Waals surface area contributed by atoms with Gasteiger partial charge in [0, 0.05) is 24.7 Å². The molecule has 3 N–H and O–H groups in total. The molecule has 1 heterocycles. The predicted octanol–water partition coefficient (Wildman–Crippen LogP) is 1.99. The Morgan fingerprint density at radius 1 is 1.35 bits per heavy atom. The summed E-state index contributed by atoms with van der Waals surface area (Å²) >= 11 is 1.32. The number of carbonyl (C=O) groups is 2. The van der Waals surface area contributed by atoms with E-state index in [4.69, 9.17) is 4.74 Å². The van der Waals surface area contributed by atoms with Gasteiger partial charge in [0.05, 0.1) is 10.4 Å². The van der Waals surface area contributed by atoms with Gasteiger partial charge in [-0.15, -0.1) is 11.3 Å². The van der Waals surface area contributed by atoms with Gasteiger partial charge in [-0.1, -0.05) is 0 Å². The van der Waals surface area contributed by atoms with Crippen molar-refractivity contribution in [3.05, 3.63) is 16.6 Å². The van der Waals surface area contributed by atoms with Crippen LogP contribution in [0.4, 0.5) is 4.79 Å². The lowest BCUT2D eigenvalue weighted by Crippen LogP contribution is -2.48. The second-order valence-corrected chi connectivity index (χ2v) is 7.83. The molecule has 0 saturated carbocycles. The van der Waals surface area contributed by atoms with Crippen LogP contribution in [0.3, 0.4) is 0 Å². The van der Waals surface area contributed by atoms with Gasteiger partial charge in [-0.25, -0.2) is 4.79 Å². The van der Waals surface area contributed by atoms with Crippen molar-refractivity contribution in [1.29, 1.82) is 0 Å². The molecule has 0 fully saturated rings. The minimum absolute atomic E-state index is 0.0711. The van der Waals surface area contributed by atoms with Crippen molar-refractivity contribution in [1.82, 2.24) is 15.6 Å². The molecule has 0 aliphatic rings. The first-order valence-corrected chi connectivity index (χ1v) is 8.21. The SMILES string of the molecule is CC(C)(CC(=O)NCC(O)c1cncs1)NC(=O)OC(C)(C)C. The third-order valence-corrected chi connectivity index (χ3v) is 3.59. The average Bonchev–Trinajstić information content (AvgIpc) is 2.85. The first-order chi connectivity index (χ1) is 10.5. The van der Waals surface area contributed by atoms with E-state index in [2.05, 4.69) is 15.6 Å². The molecule has 0 saturated heterocycles. The summed E-state index contributed by atoms with van der Waals surface area (Å²) in [5, 5.41) is 15.2. The van der Waals surface area contributed by atoms with Crippen LogP contribution in [0.15, 0.2) is 11.7 Å². The highest BCUT2D eigenvalue weighted by Gasteiger charge is 2.27. The maximum atomic E-state index is 12.0. The van der Waals surface area contributed by atoms with Crippen LogP contribution >= 0.6 is 11.3 Å². The number of nitrogens with zero attached hydrogens (tertiary/aromatic N) is 1. The third kappa shape index (κ3) is 7.94. The first kappa shape index (κ1) is 19.4. The molecule has 0 bridgehead atoms. The highest BCUT2D eigenvalue weighted by molar-refractivity contribution is 7.09. The van der Waals surface area contributed by atoms with E-state index >= 15 is 0 Å². The second-order valence-electron chi connectivity index (χ2n) is 6.91. The zero-order valence-electron chi connectivity index (χ0n) is 14.2. The molecule has 1 rings (SSSR count). The number of nitrogens with one attached hydrogen (secondary N) is 2. The molecule has 0 spiro atoms. The Balaban J connectivity index is 2.41. The number of aromatic nitrogens is 1. The van der Waals surface area contributed by atoms with Gasteiger partial charge in [0.2, 0.25) is 5.91 Å². The number of alkyl carbamates (subject to hydrolysis) is 1. The van der Waals surface area contributed by atoms with Crippen molar-refractivity contribution < 1.29 is 19.4 Å². The first-order valence-electron chi connectivity index (χ1n) is 7.33. The van der Waals surface area contributed by atoms with Gasteiger partial charge in [0.1, 0.15) is 11.7 Å². The number of aliphatic hydroxyl groups is 1. The standard InChI is InChI=1S/C15H25N3O4S/c1-14(2,3)22-13(21)18-15(4,5)6-12(20)17-7-10(19)11-8-16-9-23-11/h8-10,19H,6-7H2,1-5H3,(H,17,20)(H,18,21). The molecular weight excluding hydrogens is 318 g/mol. The van der Waals surface area contributed by atoms with E-state index < -0.39 is 23.3 Å². The van der Waals surface area contributed by atoms with Gasteiger partial charge in [0.15, 0.2) is 0 Å². The van der Waals surface area contributed by atoms with E-state index in [0.717, 1.165) is 0 Å². The van der Waals surface area contributed by atoms with Crippen molar-refractivity contribution in [2.24, 2.45) is 0 Å². The number of hydrogen-bond acceptors (Lipinski definition) is 6. The lowest BCUT2D eigenvalue weighted by molar-refractivity contribution is -0.122. The van der Waals surface area contributed by atoms with E-state index in [1.54, 1.807) is 46.3 Å². The number of amides is 2. The van der Waals surface area contributed by atoms with Gasteiger partial charge in [-0.2, -0.15) is 0 Å². The number of hydrogen-bond donors (Lipinski definition) is 3. The fraction of sp³-hybridized carbons (Fsp3) is 0.667. The lowest BCUT2D eigenvalue weighted by Gasteiger charge is -2.28. The maximum absolute atomic E-state index is 12.0. The van der Waals surface area contributed by atoms with Crippen molar-refractivity contribution in [2.45, 2.75) is 58.3 Å². The minimum Gasteiger partial charge on any atom is -0.444 e. The number of ether oxygens (including phenoxy) is 1. The zero-order valence-corrected chi connectivity index (χ0v) is 15.0. The van der Waals surface area contributed by atoms with E-state index in [1.807, 2.05) is 0 Å². The van der Waals surface area contributed by atoms with Crippen LogP contribution in [-0.4, -0.2) is 39.8 Å². The molecule has 2 amide bonds. The van der Waals surface area contributed by atoms with E-state index in [-0.39, 0.29) is 18.9 Å². The predicted molar refractivity (Wildman–Crippen MR) is 88.1 cm³/mol. The van der Waals surface area contributed by atoms with Crippen LogP contribution in [0.25, 0.3) is 0 Å². The Hall–Kier alpha value is -1.67. The summed E-state index contributed by atoms with van der Waals surface area (Å²) in [6.45, 7) is 8.88. The van der Waals surface area contributed by atoms with E-state index in [9.17, 15) is 14.7 Å². The smallest absolute Gasteiger partial charge is 0.408 e. The monoisotopic (exact) mass is 343 g/mol. The van der Waals surface area contributed by atoms with E-state index in [1.165, 1.54) is 11.3 Å². The largest absolute Gasteiger partial charge is 0.444 e. The summed E-state index contributed by atoms with van der Waals surface area (Å²) in [4.78, 5) is 28.3. The van der Waals surface area contributed by atoms with Gasteiger partial charge in [-0.05, 0) is 34.6 Å². The van der Waals surface area contributed by atoms with Gasteiger partial charge in [0.25, 0.3) is 0 Å². The highest BCUT2D eigenvalue weighted by Crippen LogP contribution is 2.16. The third-order valence-electron chi connectivity index (χ3n) is 2.71. The zero-order chi connectivity index (χ0) is 17.7. The Morgan fingerprint density at radius 3 is 2.52 bits per heavy atom.